The Labute approximate surface area is 211 Å². The molecule has 1 N–H and O–H groups in total. The van der Waals surface area contributed by atoms with E-state index in [4.69, 9.17) is 4.74 Å². The van der Waals surface area contributed by atoms with Gasteiger partial charge in [-0.2, -0.15) is 13.2 Å². The SMILES string of the molecule is Cc1cn2cc(-c3cc(NC(=O)N4CC=C(CC(F)(F)F)C4)c(F)cc3C)cc(N3CCOCC3)c2n1. The van der Waals surface area contributed by atoms with Crippen LogP contribution < -0.4 is 10.2 Å². The molecule has 5 rings (SSSR count). The number of hydrogen-bond donors (Lipinski definition) is 1. The molecule has 0 unspecified atom stereocenters. The van der Waals surface area contributed by atoms with Gasteiger partial charge in [-0.3, -0.25) is 0 Å². The maximum absolute atomic E-state index is 14.9. The number of fused-ring (bicyclic) bond motifs is 1. The number of alkyl halides is 3. The maximum Gasteiger partial charge on any atom is 0.392 e. The van der Waals surface area contributed by atoms with Crippen LogP contribution in [0.1, 0.15) is 17.7 Å². The van der Waals surface area contributed by atoms with E-state index in [9.17, 15) is 22.4 Å². The van der Waals surface area contributed by atoms with Crippen molar-refractivity contribution in [2.24, 2.45) is 0 Å². The third-order valence-electron chi connectivity index (χ3n) is 6.58. The van der Waals surface area contributed by atoms with Crippen LogP contribution in [-0.2, 0) is 4.74 Å². The van der Waals surface area contributed by atoms with E-state index >= 15 is 0 Å². The second kappa shape index (κ2) is 9.70. The summed E-state index contributed by atoms with van der Waals surface area (Å²) in [7, 11) is 0. The van der Waals surface area contributed by atoms with Crippen LogP contribution in [0.2, 0.25) is 0 Å². The molecular weight excluding hydrogens is 490 g/mol. The molecule has 0 saturated carbocycles. The zero-order valence-corrected chi connectivity index (χ0v) is 20.5. The van der Waals surface area contributed by atoms with Crippen LogP contribution >= 0.6 is 0 Å². The van der Waals surface area contributed by atoms with Gasteiger partial charge in [0, 0.05) is 44.1 Å². The third kappa shape index (κ3) is 5.41. The largest absolute Gasteiger partial charge is 0.392 e. The van der Waals surface area contributed by atoms with Crippen LogP contribution in [0.15, 0.2) is 42.2 Å². The Hall–Kier alpha value is -3.60. The number of nitrogens with zero attached hydrogens (tertiary/aromatic N) is 4. The molecule has 0 aliphatic carbocycles. The van der Waals surface area contributed by atoms with Crippen molar-refractivity contribution in [2.45, 2.75) is 26.4 Å². The molecule has 4 heterocycles. The van der Waals surface area contributed by atoms with E-state index in [1.807, 2.05) is 29.8 Å². The van der Waals surface area contributed by atoms with Gasteiger partial charge in [0.05, 0.1) is 36.7 Å². The fourth-order valence-electron chi connectivity index (χ4n) is 4.81. The van der Waals surface area contributed by atoms with E-state index in [1.54, 1.807) is 13.0 Å². The number of benzene rings is 1. The molecule has 2 aliphatic rings. The van der Waals surface area contributed by atoms with Gasteiger partial charge in [-0.25, -0.2) is 14.2 Å². The number of amides is 2. The van der Waals surface area contributed by atoms with Gasteiger partial charge in [0.15, 0.2) is 5.65 Å². The van der Waals surface area contributed by atoms with Crippen LogP contribution in [0.4, 0.5) is 33.7 Å². The van der Waals surface area contributed by atoms with E-state index in [2.05, 4.69) is 15.2 Å². The first kappa shape index (κ1) is 25.1. The molecule has 0 spiro atoms. The predicted octanol–water partition coefficient (Wildman–Crippen LogP) is 5.32. The highest BCUT2D eigenvalue weighted by Crippen LogP contribution is 2.34. The molecule has 7 nitrogen and oxygen atoms in total. The van der Waals surface area contributed by atoms with Gasteiger partial charge in [-0.05, 0) is 48.7 Å². The van der Waals surface area contributed by atoms with E-state index in [0.717, 1.165) is 41.2 Å². The monoisotopic (exact) mass is 517 g/mol. The van der Waals surface area contributed by atoms with Crippen molar-refractivity contribution in [3.8, 4) is 11.1 Å². The fourth-order valence-corrected chi connectivity index (χ4v) is 4.81. The number of anilines is 2. The standard InChI is InChI=1S/C26H27F4N5O2/c1-16-9-21(27)22(32-25(36)34-4-3-18(14-34)12-26(28,29)30)11-20(16)19-10-23(33-5-7-37-8-6-33)24-31-17(2)13-35(24)15-19/h3,9-11,13,15H,4-8,12,14H2,1-2H3,(H,32,36). The molecule has 3 aromatic rings. The molecule has 0 bridgehead atoms. The lowest BCUT2D eigenvalue weighted by molar-refractivity contribution is -0.127. The highest BCUT2D eigenvalue weighted by Gasteiger charge is 2.32. The van der Waals surface area contributed by atoms with Crippen LogP contribution in [-0.4, -0.2) is 65.9 Å². The van der Waals surface area contributed by atoms with Gasteiger partial charge >= 0.3 is 12.2 Å². The number of imidazole rings is 1. The Morgan fingerprint density at radius 3 is 2.62 bits per heavy atom. The Morgan fingerprint density at radius 1 is 1.14 bits per heavy atom. The number of halogens is 4. The summed E-state index contributed by atoms with van der Waals surface area (Å²) in [5, 5.41) is 2.54. The van der Waals surface area contributed by atoms with Crippen molar-refractivity contribution >= 4 is 23.1 Å². The third-order valence-corrected chi connectivity index (χ3v) is 6.58. The first-order valence-electron chi connectivity index (χ1n) is 12.0. The molecule has 11 heteroatoms. The van der Waals surface area contributed by atoms with Crippen molar-refractivity contribution in [1.29, 1.82) is 0 Å². The Kier molecular flexibility index (Phi) is 6.57. The number of rotatable bonds is 4. The molecule has 196 valence electrons. The smallest absolute Gasteiger partial charge is 0.378 e. The molecule has 1 fully saturated rings. The number of ether oxygens (including phenoxy) is 1. The summed E-state index contributed by atoms with van der Waals surface area (Å²) >= 11 is 0. The maximum atomic E-state index is 14.9. The minimum atomic E-state index is -4.34. The minimum absolute atomic E-state index is 0.0373. The van der Waals surface area contributed by atoms with Crippen LogP contribution in [0.25, 0.3) is 16.8 Å². The van der Waals surface area contributed by atoms with Gasteiger partial charge in [0.2, 0.25) is 0 Å². The second-order valence-corrected chi connectivity index (χ2v) is 9.44. The number of pyridine rings is 1. The highest BCUT2D eigenvalue weighted by molar-refractivity contribution is 5.91. The van der Waals surface area contributed by atoms with Gasteiger partial charge in [-0.15, -0.1) is 0 Å². The average Bonchev–Trinajstić information content (AvgIpc) is 3.45. The average molecular weight is 518 g/mol. The predicted molar refractivity (Wildman–Crippen MR) is 132 cm³/mol. The van der Waals surface area contributed by atoms with E-state index in [1.165, 1.54) is 17.0 Å². The normalized spacial score (nSPS) is 16.4. The summed E-state index contributed by atoms with van der Waals surface area (Å²) in [6.45, 7) is 6.25. The van der Waals surface area contributed by atoms with Crippen molar-refractivity contribution in [3.63, 3.8) is 0 Å². The van der Waals surface area contributed by atoms with Crippen LogP contribution in [0.3, 0.4) is 0 Å². The molecule has 2 amide bonds. The molecule has 0 atom stereocenters. The molecule has 2 aliphatic heterocycles. The Balaban J connectivity index is 1.43. The van der Waals surface area contributed by atoms with E-state index in [-0.39, 0.29) is 24.4 Å². The number of hydrogen-bond acceptors (Lipinski definition) is 4. The lowest BCUT2D eigenvalue weighted by atomic mass is 10.00. The van der Waals surface area contributed by atoms with Crippen molar-refractivity contribution in [2.75, 3.05) is 49.6 Å². The molecule has 37 heavy (non-hydrogen) atoms. The molecule has 2 aromatic heterocycles. The van der Waals surface area contributed by atoms with Crippen LogP contribution in [0.5, 0.6) is 0 Å². The summed E-state index contributed by atoms with van der Waals surface area (Å²) in [6.07, 6.45) is -0.186. The zero-order valence-electron chi connectivity index (χ0n) is 20.5. The highest BCUT2D eigenvalue weighted by atomic mass is 19.4. The molecule has 1 saturated heterocycles. The summed E-state index contributed by atoms with van der Waals surface area (Å²) in [4.78, 5) is 20.8. The van der Waals surface area contributed by atoms with Gasteiger partial charge < -0.3 is 24.3 Å². The lowest BCUT2D eigenvalue weighted by Crippen LogP contribution is -2.36. The number of urea groups is 1. The molecular formula is C26H27F4N5O2. The van der Waals surface area contributed by atoms with Gasteiger partial charge in [0.1, 0.15) is 5.82 Å². The number of morpholine rings is 1. The van der Waals surface area contributed by atoms with Crippen molar-refractivity contribution < 1.29 is 27.1 Å². The first-order valence-corrected chi connectivity index (χ1v) is 12.0. The minimum Gasteiger partial charge on any atom is -0.378 e. The number of aryl methyl sites for hydroxylation is 2. The summed E-state index contributed by atoms with van der Waals surface area (Å²) in [5.74, 6) is -0.620. The van der Waals surface area contributed by atoms with E-state index < -0.39 is 24.4 Å². The Bertz CT molecular complexity index is 1380. The van der Waals surface area contributed by atoms with E-state index in [0.29, 0.717) is 18.8 Å². The second-order valence-electron chi connectivity index (χ2n) is 9.44. The Morgan fingerprint density at radius 2 is 1.89 bits per heavy atom. The first-order chi connectivity index (χ1) is 17.6. The number of carbonyl (C=O) groups excluding carboxylic acids is 1. The lowest BCUT2D eigenvalue weighted by Gasteiger charge is -2.29. The van der Waals surface area contributed by atoms with Crippen molar-refractivity contribution in [1.82, 2.24) is 14.3 Å². The number of carbonyl (C=O) groups is 1. The summed E-state index contributed by atoms with van der Waals surface area (Å²) < 4.78 is 60.4. The topological polar surface area (TPSA) is 62.1 Å². The quantitative estimate of drug-likeness (QED) is 0.376. The fraction of sp³-hybridized carbons (Fsp3) is 0.385. The number of nitrogens with one attached hydrogen (secondary N) is 1. The van der Waals surface area contributed by atoms with Crippen molar-refractivity contribution in [3.05, 3.63) is 59.3 Å². The van der Waals surface area contributed by atoms with Gasteiger partial charge in [0.25, 0.3) is 0 Å². The molecule has 0 radical (unpaired) electrons. The summed E-state index contributed by atoms with van der Waals surface area (Å²) in [5.41, 5.74) is 4.90. The molecule has 1 aromatic carbocycles. The summed E-state index contributed by atoms with van der Waals surface area (Å²) in [6, 6.07) is 4.26. The zero-order chi connectivity index (χ0) is 26.3. The van der Waals surface area contributed by atoms with Crippen LogP contribution in [0, 0.1) is 19.7 Å². The number of aromatic nitrogens is 2. The van der Waals surface area contributed by atoms with Gasteiger partial charge in [-0.1, -0.05) is 6.08 Å².